The lowest BCUT2D eigenvalue weighted by atomic mass is 10.2. The van der Waals surface area contributed by atoms with Gasteiger partial charge in [-0.25, -0.2) is 0 Å². The first-order valence-electron chi connectivity index (χ1n) is 8.21. The van der Waals surface area contributed by atoms with Crippen LogP contribution in [-0.2, 0) is 9.53 Å². The number of carbonyl (C=O) groups is 1. The molecule has 1 fully saturated rings. The molecule has 2 rings (SSSR count). The summed E-state index contributed by atoms with van der Waals surface area (Å²) in [6, 6.07) is 5.46. The number of hydrogen-bond acceptors (Lipinski definition) is 3. The number of nitrogens with one attached hydrogen (secondary N) is 3. The van der Waals surface area contributed by atoms with Gasteiger partial charge in [0.25, 0.3) is 0 Å². The third-order valence-electron chi connectivity index (χ3n) is 3.93. The monoisotopic (exact) mass is 480 g/mol. The molecule has 1 aliphatic heterocycles. The molecule has 1 amide bonds. The highest BCUT2D eigenvalue weighted by Gasteiger charge is 2.15. The van der Waals surface area contributed by atoms with Crippen LogP contribution in [-0.4, -0.2) is 44.7 Å². The van der Waals surface area contributed by atoms with Crippen molar-refractivity contribution in [2.75, 3.05) is 32.1 Å². The number of aliphatic imine (C=N–C) groups is 1. The van der Waals surface area contributed by atoms with Gasteiger partial charge in [-0.15, -0.1) is 24.0 Å². The van der Waals surface area contributed by atoms with Crippen LogP contribution < -0.4 is 16.0 Å². The van der Waals surface area contributed by atoms with Crippen molar-refractivity contribution in [1.29, 1.82) is 0 Å². The van der Waals surface area contributed by atoms with Gasteiger partial charge in [-0.3, -0.25) is 9.79 Å². The minimum atomic E-state index is -0.0672. The van der Waals surface area contributed by atoms with E-state index in [-0.39, 0.29) is 36.0 Å². The van der Waals surface area contributed by atoms with E-state index in [4.69, 9.17) is 16.3 Å². The summed E-state index contributed by atoms with van der Waals surface area (Å²) < 4.78 is 5.56. The van der Waals surface area contributed by atoms with Crippen LogP contribution in [0.15, 0.2) is 23.2 Å². The maximum absolute atomic E-state index is 12.0. The molecule has 0 saturated carbocycles. The van der Waals surface area contributed by atoms with Crippen LogP contribution in [0.25, 0.3) is 0 Å². The average Bonchev–Trinajstić information content (AvgIpc) is 3.08. The summed E-state index contributed by atoms with van der Waals surface area (Å²) in [7, 11) is 1.71. The third-order valence-corrected chi connectivity index (χ3v) is 4.34. The summed E-state index contributed by atoms with van der Waals surface area (Å²) in [5, 5.41) is 9.87. The predicted molar refractivity (Wildman–Crippen MR) is 113 cm³/mol. The topological polar surface area (TPSA) is 74.8 Å². The third kappa shape index (κ3) is 7.37. The highest BCUT2D eigenvalue weighted by atomic mass is 127. The smallest absolute Gasteiger partial charge is 0.226 e. The zero-order valence-electron chi connectivity index (χ0n) is 14.6. The number of benzene rings is 1. The molecule has 6 nitrogen and oxygen atoms in total. The molecule has 0 bridgehead atoms. The fourth-order valence-electron chi connectivity index (χ4n) is 2.49. The Bertz CT molecular complexity index is 592. The van der Waals surface area contributed by atoms with Gasteiger partial charge < -0.3 is 20.7 Å². The quantitative estimate of drug-likeness (QED) is 0.332. The van der Waals surface area contributed by atoms with Gasteiger partial charge in [-0.2, -0.15) is 0 Å². The van der Waals surface area contributed by atoms with Crippen LogP contribution in [0.1, 0.15) is 24.8 Å². The van der Waals surface area contributed by atoms with Gasteiger partial charge in [0.1, 0.15) is 0 Å². The maximum atomic E-state index is 12.0. The number of amides is 1. The van der Waals surface area contributed by atoms with Gasteiger partial charge in [-0.1, -0.05) is 17.7 Å². The first-order chi connectivity index (χ1) is 11.6. The maximum Gasteiger partial charge on any atom is 0.226 e. The Morgan fingerprint density at radius 2 is 2.20 bits per heavy atom. The number of carbonyl (C=O) groups excluding carboxylic acids is 1. The molecule has 0 aromatic heterocycles. The van der Waals surface area contributed by atoms with E-state index < -0.39 is 0 Å². The Hall–Kier alpha value is -1.06. The van der Waals surface area contributed by atoms with E-state index in [0.29, 0.717) is 23.9 Å². The lowest BCUT2D eigenvalue weighted by molar-refractivity contribution is -0.116. The second-order valence-electron chi connectivity index (χ2n) is 5.73. The van der Waals surface area contributed by atoms with E-state index in [2.05, 4.69) is 20.9 Å². The number of guanidine groups is 1. The van der Waals surface area contributed by atoms with Crippen molar-refractivity contribution in [3.63, 3.8) is 0 Å². The molecule has 1 aromatic rings. The normalized spacial score (nSPS) is 16.9. The average molecular weight is 481 g/mol. The second kappa shape index (κ2) is 11.5. The molecule has 1 saturated heterocycles. The van der Waals surface area contributed by atoms with E-state index in [1.807, 2.05) is 19.1 Å². The number of hydrogen-bond donors (Lipinski definition) is 3. The number of ether oxygens (including phenoxy) is 1. The molecule has 3 N–H and O–H groups in total. The Kier molecular flexibility index (Phi) is 10.1. The van der Waals surface area contributed by atoms with Crippen LogP contribution in [0, 0.1) is 6.92 Å². The number of rotatable bonds is 6. The van der Waals surface area contributed by atoms with Gasteiger partial charge in [0.2, 0.25) is 5.91 Å². The molecule has 140 valence electrons. The molecule has 1 aromatic carbocycles. The number of halogens is 2. The van der Waals surface area contributed by atoms with Crippen molar-refractivity contribution in [3.05, 3.63) is 28.8 Å². The number of anilines is 1. The number of nitrogens with zero attached hydrogens (tertiary/aromatic N) is 1. The Morgan fingerprint density at radius 3 is 2.88 bits per heavy atom. The molecular formula is C17H26ClIN4O2. The van der Waals surface area contributed by atoms with E-state index in [0.717, 1.165) is 37.2 Å². The van der Waals surface area contributed by atoms with Crippen molar-refractivity contribution in [2.24, 2.45) is 4.99 Å². The predicted octanol–water partition coefficient (Wildman–Crippen LogP) is 2.94. The van der Waals surface area contributed by atoms with Crippen LogP contribution in [0.3, 0.4) is 0 Å². The van der Waals surface area contributed by atoms with Crippen LogP contribution >= 0.6 is 35.6 Å². The highest BCUT2D eigenvalue weighted by Crippen LogP contribution is 2.22. The van der Waals surface area contributed by atoms with Crippen LogP contribution in [0.4, 0.5) is 5.69 Å². The molecule has 0 radical (unpaired) electrons. The summed E-state index contributed by atoms with van der Waals surface area (Å²) >= 11 is 6.05. The molecule has 0 spiro atoms. The van der Waals surface area contributed by atoms with Crippen molar-refractivity contribution in [3.8, 4) is 0 Å². The van der Waals surface area contributed by atoms with Crippen LogP contribution in [0.5, 0.6) is 0 Å². The van der Waals surface area contributed by atoms with E-state index in [9.17, 15) is 4.79 Å². The zero-order chi connectivity index (χ0) is 17.4. The summed E-state index contributed by atoms with van der Waals surface area (Å²) in [6.45, 7) is 3.94. The van der Waals surface area contributed by atoms with Crippen molar-refractivity contribution in [2.45, 2.75) is 32.3 Å². The standard InChI is InChI=1S/C17H25ClN4O2.HI/c1-12-14(18)6-3-7-15(12)22-16(23)8-9-20-17(19-2)21-11-13-5-4-10-24-13;/h3,6-7,13H,4-5,8-11H2,1-2H3,(H,22,23)(H2,19,20,21);1H. The molecule has 1 aliphatic rings. The second-order valence-corrected chi connectivity index (χ2v) is 6.13. The summed E-state index contributed by atoms with van der Waals surface area (Å²) in [6.07, 6.45) is 2.78. The fraction of sp³-hybridized carbons (Fsp3) is 0.529. The first-order valence-corrected chi connectivity index (χ1v) is 8.59. The molecule has 1 heterocycles. The summed E-state index contributed by atoms with van der Waals surface area (Å²) in [5.74, 6) is 0.611. The molecule has 1 unspecified atom stereocenters. The zero-order valence-corrected chi connectivity index (χ0v) is 17.7. The Morgan fingerprint density at radius 1 is 1.40 bits per heavy atom. The van der Waals surface area contributed by atoms with E-state index >= 15 is 0 Å². The molecular weight excluding hydrogens is 455 g/mol. The van der Waals surface area contributed by atoms with Gasteiger partial charge in [0, 0.05) is 43.9 Å². The summed E-state index contributed by atoms with van der Waals surface area (Å²) in [4.78, 5) is 16.2. The van der Waals surface area contributed by atoms with Crippen molar-refractivity contribution >= 4 is 53.1 Å². The Labute approximate surface area is 171 Å². The van der Waals surface area contributed by atoms with Gasteiger partial charge >= 0.3 is 0 Å². The highest BCUT2D eigenvalue weighted by molar-refractivity contribution is 14.0. The van der Waals surface area contributed by atoms with Crippen molar-refractivity contribution in [1.82, 2.24) is 10.6 Å². The van der Waals surface area contributed by atoms with E-state index in [1.54, 1.807) is 13.1 Å². The lowest BCUT2D eigenvalue weighted by Gasteiger charge is -2.15. The molecule has 8 heteroatoms. The SMILES string of the molecule is CN=C(NCCC(=O)Nc1cccc(Cl)c1C)NCC1CCCO1.I. The Balaban J connectivity index is 0.00000312. The van der Waals surface area contributed by atoms with Crippen molar-refractivity contribution < 1.29 is 9.53 Å². The van der Waals surface area contributed by atoms with Crippen LogP contribution in [0.2, 0.25) is 5.02 Å². The van der Waals surface area contributed by atoms with Gasteiger partial charge in [0.15, 0.2) is 5.96 Å². The lowest BCUT2D eigenvalue weighted by Crippen LogP contribution is -2.41. The van der Waals surface area contributed by atoms with Gasteiger partial charge in [-0.05, 0) is 37.5 Å². The molecule has 1 atom stereocenters. The minimum Gasteiger partial charge on any atom is -0.376 e. The summed E-state index contributed by atoms with van der Waals surface area (Å²) in [5.41, 5.74) is 1.61. The molecule has 25 heavy (non-hydrogen) atoms. The first kappa shape index (κ1) is 22.0. The fourth-order valence-corrected chi connectivity index (χ4v) is 2.66. The minimum absolute atomic E-state index is 0. The van der Waals surface area contributed by atoms with E-state index in [1.165, 1.54) is 0 Å². The molecule has 0 aliphatic carbocycles. The largest absolute Gasteiger partial charge is 0.376 e. The van der Waals surface area contributed by atoms with Gasteiger partial charge in [0.05, 0.1) is 6.10 Å².